The Morgan fingerprint density at radius 3 is 2.55 bits per heavy atom. The van der Waals surface area contributed by atoms with Crippen LogP contribution in [0.25, 0.3) is 0 Å². The van der Waals surface area contributed by atoms with E-state index in [1.54, 1.807) is 18.2 Å². The van der Waals surface area contributed by atoms with Crippen LogP contribution in [-0.2, 0) is 21.4 Å². The largest absolute Gasteiger partial charge is 0.367 e. The summed E-state index contributed by atoms with van der Waals surface area (Å²) in [5.41, 5.74) is 4.49. The maximum absolute atomic E-state index is 12.5. The van der Waals surface area contributed by atoms with Crippen molar-refractivity contribution in [3.8, 4) is 0 Å². The van der Waals surface area contributed by atoms with Crippen molar-refractivity contribution in [3.63, 3.8) is 0 Å². The lowest BCUT2D eigenvalue weighted by Gasteiger charge is -2.40. The minimum Gasteiger partial charge on any atom is -0.367 e. The molecule has 1 heterocycles. The van der Waals surface area contributed by atoms with Gasteiger partial charge >= 0.3 is 0 Å². The van der Waals surface area contributed by atoms with Crippen molar-refractivity contribution >= 4 is 5.91 Å². The Labute approximate surface area is 174 Å². The van der Waals surface area contributed by atoms with Gasteiger partial charge in [-0.25, -0.2) is 0 Å². The van der Waals surface area contributed by atoms with Crippen LogP contribution in [0.15, 0.2) is 54.6 Å². The molecule has 1 unspecified atom stereocenters. The van der Waals surface area contributed by atoms with Gasteiger partial charge in [0.05, 0.1) is 0 Å². The summed E-state index contributed by atoms with van der Waals surface area (Å²) >= 11 is 0. The summed E-state index contributed by atoms with van der Waals surface area (Å²) in [5.74, 6) is -0.0566. The zero-order chi connectivity index (χ0) is 20.1. The molecule has 0 aromatic heterocycles. The SMILES string of the molecule is COC(C(=O)NCCCN1CCC2(CCc3ccccc32)CC1)c1ccccc1. The number of piperidine rings is 1. The van der Waals surface area contributed by atoms with E-state index >= 15 is 0 Å². The Balaban J connectivity index is 1.20. The third kappa shape index (κ3) is 4.39. The standard InChI is InChI=1S/C25H32N2O2/c1-29-23(21-9-3-2-4-10-21)24(28)26-16-7-17-27-18-14-25(15-19-27)13-12-20-8-5-6-11-22(20)25/h2-6,8-11,23H,7,12-19H2,1H3,(H,26,28). The van der Waals surface area contributed by atoms with Gasteiger partial charge in [0.25, 0.3) is 5.91 Å². The molecule has 1 aliphatic carbocycles. The van der Waals surface area contributed by atoms with Gasteiger partial charge in [-0.05, 0) is 73.8 Å². The predicted octanol–water partition coefficient (Wildman–Crippen LogP) is 3.86. The average Bonchev–Trinajstić information content (AvgIpc) is 3.12. The highest BCUT2D eigenvalue weighted by molar-refractivity contribution is 5.82. The normalized spacial score (nSPS) is 19.1. The maximum Gasteiger partial charge on any atom is 0.253 e. The van der Waals surface area contributed by atoms with Crippen LogP contribution in [0.1, 0.15) is 48.5 Å². The number of hydrogen-bond acceptors (Lipinski definition) is 3. The third-order valence-electron chi connectivity index (χ3n) is 6.80. The number of nitrogens with zero attached hydrogens (tertiary/aromatic N) is 1. The molecular weight excluding hydrogens is 360 g/mol. The minimum absolute atomic E-state index is 0.0566. The number of amides is 1. The van der Waals surface area contributed by atoms with Crippen molar-refractivity contribution in [1.29, 1.82) is 0 Å². The molecule has 1 aliphatic heterocycles. The molecule has 2 aromatic rings. The van der Waals surface area contributed by atoms with Gasteiger partial charge in [0.15, 0.2) is 6.10 Å². The smallest absolute Gasteiger partial charge is 0.253 e. The summed E-state index contributed by atoms with van der Waals surface area (Å²) in [6, 6.07) is 18.7. The molecule has 1 saturated heterocycles. The number of hydrogen-bond donors (Lipinski definition) is 1. The van der Waals surface area contributed by atoms with Gasteiger partial charge in [0.1, 0.15) is 0 Å². The number of carbonyl (C=O) groups excluding carboxylic acids is 1. The average molecular weight is 393 g/mol. The molecular formula is C25H32N2O2. The van der Waals surface area contributed by atoms with Crippen LogP contribution >= 0.6 is 0 Å². The van der Waals surface area contributed by atoms with E-state index in [2.05, 4.69) is 34.5 Å². The molecule has 2 aromatic carbocycles. The van der Waals surface area contributed by atoms with Gasteiger partial charge in [-0.3, -0.25) is 4.79 Å². The van der Waals surface area contributed by atoms with Crippen LogP contribution in [0.4, 0.5) is 0 Å². The van der Waals surface area contributed by atoms with E-state index in [0.717, 1.165) is 31.6 Å². The maximum atomic E-state index is 12.5. The fraction of sp³-hybridized carbons (Fsp3) is 0.480. The van der Waals surface area contributed by atoms with Crippen molar-refractivity contribution < 1.29 is 9.53 Å². The monoisotopic (exact) mass is 392 g/mol. The first kappa shape index (κ1) is 20.1. The third-order valence-corrected chi connectivity index (χ3v) is 6.80. The molecule has 1 spiro atoms. The van der Waals surface area contributed by atoms with E-state index in [-0.39, 0.29) is 5.91 Å². The summed E-state index contributed by atoms with van der Waals surface area (Å²) in [6.07, 6.45) is 5.51. The molecule has 1 fully saturated rings. The second-order valence-corrected chi connectivity index (χ2v) is 8.45. The zero-order valence-electron chi connectivity index (χ0n) is 17.4. The molecule has 154 valence electrons. The Kier molecular flexibility index (Phi) is 6.31. The Hall–Kier alpha value is -2.17. The topological polar surface area (TPSA) is 41.6 Å². The minimum atomic E-state index is -0.534. The second kappa shape index (κ2) is 9.10. The molecule has 0 bridgehead atoms. The molecule has 0 radical (unpaired) electrons. The number of aryl methyl sites for hydroxylation is 1. The van der Waals surface area contributed by atoms with E-state index in [1.807, 2.05) is 30.3 Å². The molecule has 4 rings (SSSR count). The summed E-state index contributed by atoms with van der Waals surface area (Å²) < 4.78 is 5.40. The summed E-state index contributed by atoms with van der Waals surface area (Å²) in [6.45, 7) is 4.05. The highest BCUT2D eigenvalue weighted by atomic mass is 16.5. The van der Waals surface area contributed by atoms with Crippen LogP contribution < -0.4 is 5.32 Å². The fourth-order valence-corrected chi connectivity index (χ4v) is 5.12. The molecule has 4 heteroatoms. The van der Waals surface area contributed by atoms with Crippen LogP contribution in [-0.4, -0.2) is 44.1 Å². The number of ether oxygens (including phenoxy) is 1. The van der Waals surface area contributed by atoms with E-state index in [4.69, 9.17) is 4.74 Å². The van der Waals surface area contributed by atoms with E-state index in [1.165, 1.54) is 25.7 Å². The van der Waals surface area contributed by atoms with Crippen LogP contribution in [0.3, 0.4) is 0 Å². The first-order valence-electron chi connectivity index (χ1n) is 10.9. The van der Waals surface area contributed by atoms with Crippen molar-refractivity contribution in [1.82, 2.24) is 10.2 Å². The summed E-state index contributed by atoms with van der Waals surface area (Å²) in [5, 5.41) is 3.04. The quantitative estimate of drug-likeness (QED) is 0.728. The number of rotatable bonds is 7. The van der Waals surface area contributed by atoms with Gasteiger partial charge in [0, 0.05) is 13.7 Å². The first-order chi connectivity index (χ1) is 14.2. The Morgan fingerprint density at radius 2 is 1.79 bits per heavy atom. The number of carbonyl (C=O) groups is 1. The molecule has 2 aliphatic rings. The van der Waals surface area contributed by atoms with Gasteiger partial charge in [-0.2, -0.15) is 0 Å². The zero-order valence-corrected chi connectivity index (χ0v) is 17.4. The van der Waals surface area contributed by atoms with Gasteiger partial charge in [-0.15, -0.1) is 0 Å². The Bertz CT molecular complexity index is 813. The van der Waals surface area contributed by atoms with Gasteiger partial charge in [0.2, 0.25) is 0 Å². The fourth-order valence-electron chi connectivity index (χ4n) is 5.12. The van der Waals surface area contributed by atoms with Gasteiger partial charge < -0.3 is 15.0 Å². The van der Waals surface area contributed by atoms with Crippen LogP contribution in [0, 0.1) is 0 Å². The molecule has 29 heavy (non-hydrogen) atoms. The summed E-state index contributed by atoms with van der Waals surface area (Å²) in [7, 11) is 1.59. The molecule has 0 saturated carbocycles. The lowest BCUT2D eigenvalue weighted by molar-refractivity contribution is -0.131. The lowest BCUT2D eigenvalue weighted by Crippen LogP contribution is -2.42. The van der Waals surface area contributed by atoms with E-state index in [9.17, 15) is 4.79 Å². The second-order valence-electron chi connectivity index (χ2n) is 8.45. The highest BCUT2D eigenvalue weighted by Gasteiger charge is 2.40. The summed E-state index contributed by atoms with van der Waals surface area (Å²) in [4.78, 5) is 15.0. The number of fused-ring (bicyclic) bond motifs is 2. The molecule has 1 amide bonds. The highest BCUT2D eigenvalue weighted by Crippen LogP contribution is 2.46. The van der Waals surface area contributed by atoms with Crippen LogP contribution in [0.2, 0.25) is 0 Å². The van der Waals surface area contributed by atoms with Crippen molar-refractivity contribution in [2.24, 2.45) is 0 Å². The van der Waals surface area contributed by atoms with Crippen molar-refractivity contribution in [2.75, 3.05) is 33.3 Å². The van der Waals surface area contributed by atoms with Gasteiger partial charge in [-0.1, -0.05) is 54.6 Å². The first-order valence-corrected chi connectivity index (χ1v) is 10.9. The Morgan fingerprint density at radius 1 is 1.07 bits per heavy atom. The molecule has 1 atom stereocenters. The van der Waals surface area contributed by atoms with E-state index < -0.39 is 6.10 Å². The number of benzene rings is 2. The van der Waals surface area contributed by atoms with Crippen molar-refractivity contribution in [3.05, 3.63) is 71.3 Å². The van der Waals surface area contributed by atoms with E-state index in [0.29, 0.717) is 12.0 Å². The molecule has 1 N–H and O–H groups in total. The molecule has 4 nitrogen and oxygen atoms in total. The number of likely N-dealkylation sites (tertiary alicyclic amines) is 1. The lowest BCUT2D eigenvalue weighted by atomic mass is 9.74. The number of nitrogens with one attached hydrogen (secondary N) is 1. The predicted molar refractivity (Wildman–Crippen MR) is 116 cm³/mol. The van der Waals surface area contributed by atoms with Crippen molar-refractivity contribution in [2.45, 2.75) is 43.6 Å². The van der Waals surface area contributed by atoms with Crippen LogP contribution in [0.5, 0.6) is 0 Å². The number of methoxy groups -OCH3 is 1.